The molecule has 270 valence electrons. The summed E-state index contributed by atoms with van der Waals surface area (Å²) in [6.07, 6.45) is -0.480. The Labute approximate surface area is 290 Å². The van der Waals surface area contributed by atoms with E-state index in [9.17, 15) is 47.9 Å². The van der Waals surface area contributed by atoms with Gasteiger partial charge in [-0.2, -0.15) is 47.9 Å². The van der Waals surface area contributed by atoms with Gasteiger partial charge in [0.05, 0.1) is 0 Å². The third-order valence-corrected chi connectivity index (χ3v) is 8.85. The average Bonchev–Trinajstić information content (AvgIpc) is 3.11. The van der Waals surface area contributed by atoms with E-state index in [2.05, 4.69) is 25.7 Å². The molecule has 0 radical (unpaired) electrons. The minimum absolute atomic E-state index is 0.0460. The van der Waals surface area contributed by atoms with E-state index in [1.54, 1.807) is 67.6 Å². The van der Waals surface area contributed by atoms with Crippen molar-refractivity contribution >= 4 is 26.5 Å². The van der Waals surface area contributed by atoms with Gasteiger partial charge in [0.25, 0.3) is 0 Å². The van der Waals surface area contributed by atoms with E-state index in [4.69, 9.17) is 0 Å². The molecule has 4 aromatic carbocycles. The van der Waals surface area contributed by atoms with Crippen molar-refractivity contribution in [2.24, 2.45) is 0 Å². The molecule has 0 saturated heterocycles. The summed E-state index contributed by atoms with van der Waals surface area (Å²) in [5.41, 5.74) is 1.46. The summed E-state index contributed by atoms with van der Waals surface area (Å²) in [5.74, 6) is -15.2. The standard InChI is InChI=1S/C36H24F9N3O3S/c1-3-4-6-11-22(2)30-46-31(25-13-7-5-8-14-25)48-32(47-30)26-18-16-24(17-19-26)29-27-15-10-9-12-23(27)20-21-28(29)51-52(49,50)36(44,45)34(39,40)33(37,38)35(41,42)43/h3-21H,1H2,2H3/b6-4-,22-11+. The van der Waals surface area contributed by atoms with Crippen LogP contribution in [0.3, 0.4) is 0 Å². The van der Waals surface area contributed by atoms with Gasteiger partial charge in [-0.25, -0.2) is 15.0 Å². The second-order valence-electron chi connectivity index (χ2n) is 11.1. The number of hydrogen-bond acceptors (Lipinski definition) is 6. The first-order valence-electron chi connectivity index (χ1n) is 14.9. The highest BCUT2D eigenvalue weighted by molar-refractivity contribution is 7.88. The molecule has 0 aliphatic rings. The van der Waals surface area contributed by atoms with Crippen LogP contribution in [0.15, 0.2) is 122 Å². The van der Waals surface area contributed by atoms with Crippen molar-refractivity contribution in [3.05, 3.63) is 128 Å². The summed E-state index contributed by atoms with van der Waals surface area (Å²) in [7, 11) is -7.22. The van der Waals surface area contributed by atoms with Crippen LogP contribution < -0.4 is 4.18 Å². The molecule has 0 spiro atoms. The first kappa shape index (κ1) is 37.7. The summed E-state index contributed by atoms with van der Waals surface area (Å²) in [5, 5.41) is -6.55. The predicted octanol–water partition coefficient (Wildman–Crippen LogP) is 10.3. The minimum atomic E-state index is -7.47. The molecule has 52 heavy (non-hydrogen) atoms. The van der Waals surface area contributed by atoms with E-state index in [1.165, 1.54) is 42.5 Å². The summed E-state index contributed by atoms with van der Waals surface area (Å²) in [6.45, 7) is 5.39. The smallest absolute Gasteiger partial charge is 0.377 e. The van der Waals surface area contributed by atoms with Gasteiger partial charge in [-0.05, 0) is 34.9 Å². The average molecular weight is 750 g/mol. The van der Waals surface area contributed by atoms with Gasteiger partial charge >= 0.3 is 33.4 Å². The zero-order chi connectivity index (χ0) is 38.1. The second-order valence-corrected chi connectivity index (χ2v) is 12.7. The molecule has 16 heteroatoms. The Hall–Kier alpha value is -5.51. The number of fused-ring (bicyclic) bond motifs is 1. The fourth-order valence-corrected chi connectivity index (χ4v) is 5.77. The number of aromatic nitrogens is 3. The molecular formula is C36H24F9N3O3S. The topological polar surface area (TPSA) is 82.0 Å². The van der Waals surface area contributed by atoms with Gasteiger partial charge in [0.1, 0.15) is 0 Å². The molecule has 0 bridgehead atoms. The Morgan fingerprint density at radius 1 is 0.673 bits per heavy atom. The maximum atomic E-state index is 14.6. The van der Waals surface area contributed by atoms with E-state index in [0.717, 1.165) is 12.1 Å². The lowest BCUT2D eigenvalue weighted by atomic mass is 9.96. The quantitative estimate of drug-likeness (QED) is 0.0760. The number of alkyl halides is 9. The van der Waals surface area contributed by atoms with Gasteiger partial charge in [-0.3, -0.25) is 0 Å². The number of benzene rings is 4. The summed E-state index contributed by atoms with van der Waals surface area (Å²) < 4.78 is 152. The highest BCUT2D eigenvalue weighted by Gasteiger charge is 2.86. The van der Waals surface area contributed by atoms with Crippen LogP contribution in [0.1, 0.15) is 12.7 Å². The molecular weight excluding hydrogens is 725 g/mol. The SMILES string of the molecule is C=C/C=C\C=C(/C)c1nc(-c2ccccc2)nc(-c2ccc(-c3c(OS(=O)(=O)C(F)(F)C(F)(F)C(F)(F)C(F)(F)F)ccc4ccccc34)cc2)n1. The zero-order valence-electron chi connectivity index (χ0n) is 26.6. The third kappa shape index (κ3) is 6.89. The number of allylic oxidation sites excluding steroid dienone is 5. The van der Waals surface area contributed by atoms with Gasteiger partial charge in [0.2, 0.25) is 0 Å². The summed E-state index contributed by atoms with van der Waals surface area (Å²) in [6, 6.07) is 22.5. The van der Waals surface area contributed by atoms with Gasteiger partial charge < -0.3 is 4.18 Å². The van der Waals surface area contributed by atoms with Crippen molar-refractivity contribution in [3.8, 4) is 39.7 Å². The fraction of sp³-hybridized carbons (Fsp3) is 0.139. The minimum Gasteiger partial charge on any atom is -0.377 e. The molecule has 0 aliphatic carbocycles. The summed E-state index contributed by atoms with van der Waals surface area (Å²) in [4.78, 5) is 13.7. The molecule has 5 rings (SSSR count). The molecule has 0 fully saturated rings. The molecule has 6 nitrogen and oxygen atoms in total. The lowest BCUT2D eigenvalue weighted by Gasteiger charge is -2.32. The Balaban J connectivity index is 1.61. The maximum Gasteiger partial charge on any atom is 0.460 e. The van der Waals surface area contributed by atoms with Crippen molar-refractivity contribution in [3.63, 3.8) is 0 Å². The molecule has 0 aliphatic heterocycles. The van der Waals surface area contributed by atoms with Crippen LogP contribution in [0.4, 0.5) is 39.5 Å². The second kappa shape index (κ2) is 13.9. The lowest BCUT2D eigenvalue weighted by Crippen LogP contribution is -2.63. The zero-order valence-corrected chi connectivity index (χ0v) is 27.4. The van der Waals surface area contributed by atoms with Crippen molar-refractivity contribution < 1.29 is 52.1 Å². The van der Waals surface area contributed by atoms with E-state index in [0.29, 0.717) is 33.7 Å². The fourth-order valence-electron chi connectivity index (χ4n) is 4.84. The Morgan fingerprint density at radius 2 is 1.23 bits per heavy atom. The van der Waals surface area contributed by atoms with E-state index in [1.807, 2.05) is 0 Å². The largest absolute Gasteiger partial charge is 0.460 e. The predicted molar refractivity (Wildman–Crippen MR) is 177 cm³/mol. The molecule has 0 amide bonds. The molecule has 0 unspecified atom stereocenters. The first-order chi connectivity index (χ1) is 24.3. The molecule has 0 N–H and O–H groups in total. The van der Waals surface area contributed by atoms with Crippen LogP contribution >= 0.6 is 0 Å². The van der Waals surface area contributed by atoms with Gasteiger partial charge in [-0.1, -0.05) is 116 Å². The van der Waals surface area contributed by atoms with Crippen LogP contribution in [0.5, 0.6) is 5.75 Å². The van der Waals surface area contributed by atoms with Crippen LogP contribution in [-0.4, -0.2) is 46.6 Å². The Morgan fingerprint density at radius 3 is 1.83 bits per heavy atom. The molecule has 5 aromatic rings. The van der Waals surface area contributed by atoms with Gasteiger partial charge in [0, 0.05) is 16.7 Å². The van der Waals surface area contributed by atoms with Crippen molar-refractivity contribution in [1.82, 2.24) is 15.0 Å². The van der Waals surface area contributed by atoms with Crippen molar-refractivity contribution in [1.29, 1.82) is 0 Å². The Bertz CT molecular complexity index is 2290. The van der Waals surface area contributed by atoms with Crippen LogP contribution in [-0.2, 0) is 10.1 Å². The maximum absolute atomic E-state index is 14.6. The number of hydrogen-bond donors (Lipinski definition) is 0. The van der Waals surface area contributed by atoms with Crippen LogP contribution in [0.2, 0.25) is 0 Å². The van der Waals surface area contributed by atoms with Gasteiger partial charge in [0.15, 0.2) is 23.2 Å². The van der Waals surface area contributed by atoms with Crippen molar-refractivity contribution in [2.75, 3.05) is 0 Å². The normalized spacial score (nSPS) is 13.5. The lowest BCUT2D eigenvalue weighted by molar-refractivity contribution is -0.382. The third-order valence-electron chi connectivity index (χ3n) is 7.57. The van der Waals surface area contributed by atoms with Crippen molar-refractivity contribution in [2.45, 2.75) is 30.2 Å². The van der Waals surface area contributed by atoms with Crippen LogP contribution in [0, 0.1) is 0 Å². The monoisotopic (exact) mass is 749 g/mol. The Kier molecular flexibility index (Phi) is 10.1. The molecule has 1 heterocycles. The van der Waals surface area contributed by atoms with E-state index >= 15 is 0 Å². The number of rotatable bonds is 11. The molecule has 0 atom stereocenters. The summed E-state index contributed by atoms with van der Waals surface area (Å²) >= 11 is 0. The van der Waals surface area contributed by atoms with E-state index < -0.39 is 39.1 Å². The molecule has 0 saturated carbocycles. The van der Waals surface area contributed by atoms with Crippen LogP contribution in [0.25, 0.3) is 50.2 Å². The number of nitrogens with zero attached hydrogens (tertiary/aromatic N) is 3. The molecule has 1 aromatic heterocycles. The van der Waals surface area contributed by atoms with E-state index in [-0.39, 0.29) is 22.3 Å². The first-order valence-corrected chi connectivity index (χ1v) is 16.3. The highest BCUT2D eigenvalue weighted by Crippen LogP contribution is 2.55. The number of halogens is 9. The highest BCUT2D eigenvalue weighted by atomic mass is 32.2. The van der Waals surface area contributed by atoms with Gasteiger partial charge in [-0.15, -0.1) is 0 Å².